The van der Waals surface area contributed by atoms with E-state index in [0.717, 1.165) is 5.56 Å². The van der Waals surface area contributed by atoms with Gasteiger partial charge in [-0.05, 0) is 24.1 Å². The fourth-order valence-corrected chi connectivity index (χ4v) is 2.60. The molecule has 1 aliphatic rings. The number of hydrogen-bond acceptors (Lipinski definition) is 3. The third kappa shape index (κ3) is 2.51. The monoisotopic (exact) mass is 274 g/mol. The van der Waals surface area contributed by atoms with Crippen LogP contribution in [0.25, 0.3) is 0 Å². The highest BCUT2D eigenvalue weighted by Gasteiger charge is 2.27. The molecular weight excluding hydrogens is 267 g/mol. The van der Waals surface area contributed by atoms with Gasteiger partial charge in [0, 0.05) is 0 Å². The van der Waals surface area contributed by atoms with Gasteiger partial charge in [-0.2, -0.15) is 4.99 Å². The van der Waals surface area contributed by atoms with E-state index in [2.05, 4.69) is 4.99 Å². The van der Waals surface area contributed by atoms with Crippen LogP contribution >= 0.6 is 35.0 Å². The Kier molecular flexibility index (Phi) is 3.42. The van der Waals surface area contributed by atoms with Crippen LogP contribution < -0.4 is 5.73 Å². The molecule has 84 valence electrons. The number of benzene rings is 1. The number of rotatable bonds is 2. The normalized spacial score (nSPS) is 20.0. The van der Waals surface area contributed by atoms with E-state index in [-0.39, 0.29) is 11.2 Å². The van der Waals surface area contributed by atoms with Crippen molar-refractivity contribution in [1.29, 1.82) is 0 Å². The molecule has 0 unspecified atom stereocenters. The highest BCUT2D eigenvalue weighted by atomic mass is 35.5. The number of hydrogen-bond donors (Lipinski definition) is 1. The topological polar surface area (TPSA) is 55.4 Å². The van der Waals surface area contributed by atoms with E-state index < -0.39 is 0 Å². The lowest BCUT2D eigenvalue weighted by molar-refractivity contribution is -0.117. The van der Waals surface area contributed by atoms with Crippen molar-refractivity contribution in [3.05, 3.63) is 33.8 Å². The number of nitrogens with zero attached hydrogens (tertiary/aromatic N) is 1. The molecule has 1 amide bonds. The van der Waals surface area contributed by atoms with E-state index in [1.54, 1.807) is 12.1 Å². The Morgan fingerprint density at radius 2 is 2.12 bits per heavy atom. The lowest BCUT2D eigenvalue weighted by Gasteiger charge is -2.07. The van der Waals surface area contributed by atoms with Gasteiger partial charge < -0.3 is 5.73 Å². The van der Waals surface area contributed by atoms with E-state index in [9.17, 15) is 4.79 Å². The Hall–Kier alpha value is -0.710. The number of amides is 1. The van der Waals surface area contributed by atoms with E-state index in [1.165, 1.54) is 11.8 Å². The molecule has 2 N–H and O–H groups in total. The summed E-state index contributed by atoms with van der Waals surface area (Å²) in [4.78, 5) is 15.1. The minimum Gasteiger partial charge on any atom is -0.378 e. The van der Waals surface area contributed by atoms with E-state index in [1.807, 2.05) is 6.07 Å². The second-order valence-corrected chi connectivity index (χ2v) is 5.38. The Morgan fingerprint density at radius 1 is 1.38 bits per heavy atom. The third-order valence-corrected chi connectivity index (χ3v) is 3.89. The fourth-order valence-electron chi connectivity index (χ4n) is 1.41. The largest absolute Gasteiger partial charge is 0.378 e. The smallest absolute Gasteiger partial charge is 0.261 e. The molecule has 0 fully saturated rings. The van der Waals surface area contributed by atoms with E-state index >= 15 is 0 Å². The zero-order chi connectivity index (χ0) is 11.7. The van der Waals surface area contributed by atoms with Gasteiger partial charge in [0.25, 0.3) is 5.91 Å². The number of thioether (sulfide) groups is 1. The second kappa shape index (κ2) is 4.65. The van der Waals surface area contributed by atoms with Crippen LogP contribution in [0, 0.1) is 0 Å². The van der Waals surface area contributed by atoms with Crippen LogP contribution in [0.1, 0.15) is 5.56 Å². The van der Waals surface area contributed by atoms with Crippen LogP contribution in [0.5, 0.6) is 0 Å². The molecule has 2 rings (SSSR count). The van der Waals surface area contributed by atoms with Crippen LogP contribution in [0.4, 0.5) is 0 Å². The van der Waals surface area contributed by atoms with Gasteiger partial charge in [0.1, 0.15) is 0 Å². The summed E-state index contributed by atoms with van der Waals surface area (Å²) in [5.41, 5.74) is 6.42. The molecule has 1 heterocycles. The molecule has 1 atom stereocenters. The summed E-state index contributed by atoms with van der Waals surface area (Å²) in [6, 6.07) is 5.32. The minimum absolute atomic E-state index is 0.187. The number of carbonyl (C=O) groups is 1. The lowest BCUT2D eigenvalue weighted by atomic mass is 10.1. The number of nitrogens with two attached hydrogens (primary N) is 1. The third-order valence-electron chi connectivity index (χ3n) is 2.16. The molecule has 0 bridgehead atoms. The summed E-state index contributed by atoms with van der Waals surface area (Å²) in [7, 11) is 0. The van der Waals surface area contributed by atoms with Gasteiger partial charge in [-0.1, -0.05) is 41.0 Å². The number of halogens is 2. The quantitative estimate of drug-likeness (QED) is 0.902. The highest BCUT2D eigenvalue weighted by Crippen LogP contribution is 2.27. The van der Waals surface area contributed by atoms with Crippen molar-refractivity contribution in [3.63, 3.8) is 0 Å². The average molecular weight is 275 g/mol. The average Bonchev–Trinajstić information content (AvgIpc) is 2.51. The fraction of sp³-hybridized carbons (Fsp3) is 0.200. The standard InChI is InChI=1S/C10H8Cl2N2OS/c11-6-2-1-5(3-7(6)12)4-8-9(15)14-10(13)16-8/h1-3,8H,4H2,(H2,13,14,15)/t8-/m1/s1. The first-order valence-corrected chi connectivity index (χ1v) is 6.18. The van der Waals surface area contributed by atoms with Gasteiger partial charge in [0.15, 0.2) is 5.17 Å². The highest BCUT2D eigenvalue weighted by molar-refractivity contribution is 8.15. The van der Waals surface area contributed by atoms with Crippen LogP contribution in [-0.2, 0) is 11.2 Å². The van der Waals surface area contributed by atoms with Crippen molar-refractivity contribution in [2.45, 2.75) is 11.7 Å². The van der Waals surface area contributed by atoms with Crippen molar-refractivity contribution in [3.8, 4) is 0 Å². The van der Waals surface area contributed by atoms with Gasteiger partial charge in [-0.15, -0.1) is 0 Å². The van der Waals surface area contributed by atoms with Crippen molar-refractivity contribution in [2.75, 3.05) is 0 Å². The summed E-state index contributed by atoms with van der Waals surface area (Å²) < 4.78 is 0. The van der Waals surface area contributed by atoms with Gasteiger partial charge >= 0.3 is 0 Å². The SMILES string of the molecule is NC1=NC(=O)[C@@H](Cc2ccc(Cl)c(Cl)c2)S1. The van der Waals surface area contributed by atoms with Crippen molar-refractivity contribution in [2.24, 2.45) is 10.7 Å². The summed E-state index contributed by atoms with van der Waals surface area (Å²) in [5, 5.41) is 1.09. The molecule has 1 aliphatic heterocycles. The Morgan fingerprint density at radius 3 is 2.69 bits per heavy atom. The van der Waals surface area contributed by atoms with E-state index in [0.29, 0.717) is 21.6 Å². The van der Waals surface area contributed by atoms with Gasteiger partial charge in [0.05, 0.1) is 15.3 Å². The molecule has 16 heavy (non-hydrogen) atoms. The van der Waals surface area contributed by atoms with Crippen LogP contribution in [0.15, 0.2) is 23.2 Å². The Balaban J connectivity index is 2.11. The van der Waals surface area contributed by atoms with Gasteiger partial charge in [0.2, 0.25) is 0 Å². The maximum Gasteiger partial charge on any atom is 0.261 e. The molecule has 0 aromatic heterocycles. The molecular formula is C10H8Cl2N2OS. The number of amidine groups is 1. The molecule has 0 saturated carbocycles. The van der Waals surface area contributed by atoms with E-state index in [4.69, 9.17) is 28.9 Å². The van der Waals surface area contributed by atoms with Crippen molar-refractivity contribution >= 4 is 46.0 Å². The summed E-state index contributed by atoms with van der Waals surface area (Å²) in [6.07, 6.45) is 0.560. The van der Waals surface area contributed by atoms with Gasteiger partial charge in [-0.25, -0.2) is 0 Å². The molecule has 3 nitrogen and oxygen atoms in total. The van der Waals surface area contributed by atoms with Crippen LogP contribution in [0.3, 0.4) is 0 Å². The predicted molar refractivity (Wildman–Crippen MR) is 68.2 cm³/mol. The maximum absolute atomic E-state index is 11.4. The molecule has 0 radical (unpaired) electrons. The summed E-state index contributed by atoms with van der Waals surface area (Å²) >= 11 is 13.0. The molecule has 0 saturated heterocycles. The first kappa shape index (κ1) is 11.8. The Bertz CT molecular complexity index is 476. The van der Waals surface area contributed by atoms with Crippen LogP contribution in [0.2, 0.25) is 10.0 Å². The summed E-state index contributed by atoms with van der Waals surface area (Å²) in [5.74, 6) is -0.187. The molecule has 0 aliphatic carbocycles. The second-order valence-electron chi connectivity index (χ2n) is 3.35. The maximum atomic E-state index is 11.4. The van der Waals surface area contributed by atoms with Crippen LogP contribution in [-0.4, -0.2) is 16.3 Å². The first-order chi connectivity index (χ1) is 7.56. The molecule has 1 aromatic rings. The number of carbonyl (C=O) groups excluding carboxylic acids is 1. The molecule has 1 aromatic carbocycles. The zero-order valence-electron chi connectivity index (χ0n) is 8.11. The zero-order valence-corrected chi connectivity index (χ0v) is 10.4. The summed E-state index contributed by atoms with van der Waals surface area (Å²) in [6.45, 7) is 0. The van der Waals surface area contributed by atoms with Gasteiger partial charge in [-0.3, -0.25) is 4.79 Å². The number of aliphatic imine (C=N–C) groups is 1. The first-order valence-electron chi connectivity index (χ1n) is 4.55. The van der Waals surface area contributed by atoms with Crippen molar-refractivity contribution < 1.29 is 4.79 Å². The Labute approximate surface area is 107 Å². The molecule has 6 heteroatoms. The predicted octanol–water partition coefficient (Wildman–Crippen LogP) is 2.49. The minimum atomic E-state index is -0.239. The molecule has 0 spiro atoms. The lowest BCUT2D eigenvalue weighted by Crippen LogP contribution is -2.14. The van der Waals surface area contributed by atoms with Crippen molar-refractivity contribution in [1.82, 2.24) is 0 Å².